The summed E-state index contributed by atoms with van der Waals surface area (Å²) in [6, 6.07) is 10.9. The second-order valence-electron chi connectivity index (χ2n) is 4.31. The van der Waals surface area contributed by atoms with Crippen LogP contribution in [0.25, 0.3) is 16.9 Å². The molecule has 0 atom stereocenters. The molecule has 5 heteroatoms. The van der Waals surface area contributed by atoms with Crippen LogP contribution in [0, 0.1) is 0 Å². The van der Waals surface area contributed by atoms with E-state index in [1.807, 2.05) is 34.9 Å². The van der Waals surface area contributed by atoms with Gasteiger partial charge in [-0.3, -0.25) is 0 Å². The summed E-state index contributed by atoms with van der Waals surface area (Å²) in [5.74, 6) is -0.372. The Bertz CT molecular complexity index is 778. The summed E-state index contributed by atoms with van der Waals surface area (Å²) in [4.78, 5) is 16.0. The number of imidazole rings is 1. The van der Waals surface area contributed by atoms with Gasteiger partial charge in [-0.2, -0.15) is 0 Å². The first kappa shape index (κ1) is 12.7. The Hall–Kier alpha value is -2.33. The fourth-order valence-electron chi connectivity index (χ4n) is 1.99. The first-order chi connectivity index (χ1) is 9.67. The highest BCUT2D eigenvalue weighted by molar-refractivity contribution is 6.30. The number of methoxy groups -OCH3 is 1. The van der Waals surface area contributed by atoms with E-state index in [9.17, 15) is 4.79 Å². The maximum Gasteiger partial charge on any atom is 0.338 e. The molecule has 2 aromatic heterocycles. The highest BCUT2D eigenvalue weighted by Crippen LogP contribution is 2.21. The molecule has 0 amide bonds. The maximum absolute atomic E-state index is 11.5. The number of carbonyl (C=O) groups excluding carboxylic acids is 1. The molecule has 4 nitrogen and oxygen atoms in total. The minimum atomic E-state index is -0.372. The van der Waals surface area contributed by atoms with Crippen molar-refractivity contribution in [2.45, 2.75) is 0 Å². The molecule has 0 saturated heterocycles. The van der Waals surface area contributed by atoms with Crippen molar-refractivity contribution in [2.75, 3.05) is 7.11 Å². The van der Waals surface area contributed by atoms with Crippen LogP contribution < -0.4 is 0 Å². The van der Waals surface area contributed by atoms with Crippen molar-refractivity contribution >= 4 is 23.2 Å². The number of halogens is 1. The Morgan fingerprint density at radius 2 is 2.00 bits per heavy atom. The van der Waals surface area contributed by atoms with Gasteiger partial charge in [0.2, 0.25) is 0 Å². The van der Waals surface area contributed by atoms with E-state index in [0.29, 0.717) is 16.2 Å². The van der Waals surface area contributed by atoms with Gasteiger partial charge in [0.15, 0.2) is 0 Å². The summed E-state index contributed by atoms with van der Waals surface area (Å²) in [6.07, 6.45) is 3.69. The van der Waals surface area contributed by atoms with Gasteiger partial charge in [-0.1, -0.05) is 23.7 Å². The van der Waals surface area contributed by atoms with Crippen LogP contribution in [0.15, 0.2) is 48.8 Å². The van der Waals surface area contributed by atoms with Crippen LogP contribution in [0.4, 0.5) is 0 Å². The molecule has 0 unspecified atom stereocenters. The molecule has 0 saturated carbocycles. The smallest absolute Gasteiger partial charge is 0.338 e. The van der Waals surface area contributed by atoms with Crippen molar-refractivity contribution in [2.24, 2.45) is 0 Å². The van der Waals surface area contributed by atoms with E-state index in [-0.39, 0.29) is 5.97 Å². The number of hydrogen-bond acceptors (Lipinski definition) is 3. The minimum absolute atomic E-state index is 0.372. The van der Waals surface area contributed by atoms with Crippen LogP contribution in [-0.2, 0) is 4.74 Å². The number of esters is 1. The van der Waals surface area contributed by atoms with Gasteiger partial charge in [0.25, 0.3) is 0 Å². The molecule has 3 rings (SSSR count). The third kappa shape index (κ3) is 2.26. The number of rotatable bonds is 2. The number of hydrogen-bond donors (Lipinski definition) is 0. The topological polar surface area (TPSA) is 43.6 Å². The van der Waals surface area contributed by atoms with E-state index < -0.39 is 0 Å². The van der Waals surface area contributed by atoms with E-state index in [1.165, 1.54) is 7.11 Å². The van der Waals surface area contributed by atoms with Crippen LogP contribution >= 0.6 is 11.6 Å². The second kappa shape index (κ2) is 4.98. The Kier molecular flexibility index (Phi) is 3.16. The zero-order valence-corrected chi connectivity index (χ0v) is 11.5. The second-order valence-corrected chi connectivity index (χ2v) is 4.74. The molecule has 0 bridgehead atoms. The summed E-state index contributed by atoms with van der Waals surface area (Å²) in [5, 5.41) is 0.686. The van der Waals surface area contributed by atoms with Crippen molar-refractivity contribution in [3.8, 4) is 11.3 Å². The number of fused-ring (bicyclic) bond motifs is 1. The van der Waals surface area contributed by atoms with E-state index in [4.69, 9.17) is 16.3 Å². The maximum atomic E-state index is 11.5. The molecular formula is C15H11ClN2O2. The zero-order valence-electron chi connectivity index (χ0n) is 10.7. The number of carbonyl (C=O) groups is 1. The van der Waals surface area contributed by atoms with Gasteiger partial charge in [-0.15, -0.1) is 0 Å². The van der Waals surface area contributed by atoms with Gasteiger partial charge < -0.3 is 9.14 Å². The van der Waals surface area contributed by atoms with E-state index >= 15 is 0 Å². The highest BCUT2D eigenvalue weighted by atomic mass is 35.5. The van der Waals surface area contributed by atoms with Crippen molar-refractivity contribution in [3.05, 3.63) is 59.4 Å². The predicted octanol–water partition coefficient (Wildman–Crippen LogP) is 3.44. The van der Waals surface area contributed by atoms with Gasteiger partial charge in [0.05, 0.1) is 18.4 Å². The monoisotopic (exact) mass is 286 g/mol. The summed E-state index contributed by atoms with van der Waals surface area (Å²) in [7, 11) is 1.36. The number of aromatic nitrogens is 2. The molecule has 0 aliphatic rings. The van der Waals surface area contributed by atoms with Crippen LogP contribution in [-0.4, -0.2) is 22.5 Å². The molecule has 3 aromatic rings. The first-order valence-electron chi connectivity index (χ1n) is 6.00. The predicted molar refractivity (Wildman–Crippen MR) is 77.0 cm³/mol. The Morgan fingerprint density at radius 1 is 1.25 bits per heavy atom. The number of pyridine rings is 1. The van der Waals surface area contributed by atoms with Crippen LogP contribution in [0.2, 0.25) is 5.02 Å². The van der Waals surface area contributed by atoms with Crippen LogP contribution in [0.3, 0.4) is 0 Å². The Balaban J connectivity index is 2.06. The molecular weight excluding hydrogens is 276 g/mol. The third-order valence-corrected chi connectivity index (χ3v) is 3.27. The quantitative estimate of drug-likeness (QED) is 0.678. The number of nitrogens with zero attached hydrogens (tertiary/aromatic N) is 2. The van der Waals surface area contributed by atoms with E-state index in [1.54, 1.807) is 18.3 Å². The normalized spacial score (nSPS) is 10.7. The fourth-order valence-corrected chi connectivity index (χ4v) is 2.11. The summed E-state index contributed by atoms with van der Waals surface area (Å²) in [5.41, 5.74) is 2.97. The average molecular weight is 287 g/mol. The van der Waals surface area contributed by atoms with Gasteiger partial charge in [0, 0.05) is 23.0 Å². The molecule has 20 heavy (non-hydrogen) atoms. The molecule has 0 spiro atoms. The van der Waals surface area contributed by atoms with Crippen molar-refractivity contribution in [1.82, 2.24) is 9.38 Å². The van der Waals surface area contributed by atoms with E-state index in [2.05, 4.69) is 4.98 Å². The third-order valence-electron chi connectivity index (χ3n) is 3.02. The summed E-state index contributed by atoms with van der Waals surface area (Å²) >= 11 is 5.87. The number of ether oxygens (including phenoxy) is 1. The lowest BCUT2D eigenvalue weighted by Gasteiger charge is -1.98. The van der Waals surface area contributed by atoms with Gasteiger partial charge in [0.1, 0.15) is 5.65 Å². The standard InChI is InChI=1S/C15H11ClN2O2/c1-20-15(19)11-6-7-18-9-13(17-14(18)8-11)10-2-4-12(16)5-3-10/h2-9H,1H3. The Labute approximate surface area is 120 Å². The molecule has 0 N–H and O–H groups in total. The van der Waals surface area contributed by atoms with Crippen LogP contribution in [0.5, 0.6) is 0 Å². The van der Waals surface area contributed by atoms with Crippen molar-refractivity contribution < 1.29 is 9.53 Å². The Morgan fingerprint density at radius 3 is 2.70 bits per heavy atom. The molecule has 0 aliphatic heterocycles. The molecule has 0 radical (unpaired) electrons. The molecule has 0 aliphatic carbocycles. The van der Waals surface area contributed by atoms with E-state index in [0.717, 1.165) is 11.3 Å². The highest BCUT2D eigenvalue weighted by Gasteiger charge is 2.09. The number of benzene rings is 1. The summed E-state index contributed by atoms with van der Waals surface area (Å²) < 4.78 is 6.56. The molecule has 100 valence electrons. The largest absolute Gasteiger partial charge is 0.465 e. The minimum Gasteiger partial charge on any atom is -0.465 e. The van der Waals surface area contributed by atoms with Gasteiger partial charge >= 0.3 is 5.97 Å². The van der Waals surface area contributed by atoms with Crippen molar-refractivity contribution in [3.63, 3.8) is 0 Å². The van der Waals surface area contributed by atoms with Gasteiger partial charge in [-0.25, -0.2) is 9.78 Å². The molecule has 2 heterocycles. The SMILES string of the molecule is COC(=O)c1ccn2cc(-c3ccc(Cl)cc3)nc2c1. The van der Waals surface area contributed by atoms with Gasteiger partial charge in [-0.05, 0) is 24.3 Å². The lowest BCUT2D eigenvalue weighted by atomic mass is 10.2. The average Bonchev–Trinajstić information content (AvgIpc) is 2.90. The van der Waals surface area contributed by atoms with Crippen molar-refractivity contribution in [1.29, 1.82) is 0 Å². The van der Waals surface area contributed by atoms with Crippen LogP contribution in [0.1, 0.15) is 10.4 Å². The lowest BCUT2D eigenvalue weighted by Crippen LogP contribution is -2.01. The molecule has 0 fully saturated rings. The lowest BCUT2D eigenvalue weighted by molar-refractivity contribution is 0.0600. The first-order valence-corrected chi connectivity index (χ1v) is 6.38. The fraction of sp³-hybridized carbons (Fsp3) is 0.0667. The summed E-state index contributed by atoms with van der Waals surface area (Å²) in [6.45, 7) is 0. The zero-order chi connectivity index (χ0) is 14.1. The molecule has 1 aromatic carbocycles.